The number of anilines is 2. The largest absolute Gasteiger partial charge is 0.462 e. The molecule has 3 aromatic rings. The first-order valence-corrected chi connectivity index (χ1v) is 11.8. The van der Waals surface area contributed by atoms with E-state index < -0.39 is 5.97 Å². The molecule has 1 heterocycles. The number of ether oxygens (including phenoxy) is 1. The Kier molecular flexibility index (Phi) is 9.48. The Labute approximate surface area is 205 Å². The van der Waals surface area contributed by atoms with Crippen molar-refractivity contribution in [1.82, 2.24) is 10.3 Å². The number of aryl methyl sites for hydroxylation is 1. The van der Waals surface area contributed by atoms with Crippen molar-refractivity contribution in [1.29, 1.82) is 0 Å². The molecule has 4 N–H and O–H groups in total. The van der Waals surface area contributed by atoms with E-state index in [0.717, 1.165) is 41.8 Å². The highest BCUT2D eigenvalue weighted by Crippen LogP contribution is 2.25. The Bertz CT molecular complexity index is 1120. The number of H-pyrrole nitrogens is 1. The zero-order valence-corrected chi connectivity index (χ0v) is 20.1. The number of rotatable bonds is 11. The first kappa shape index (κ1) is 25.6. The molecule has 8 heteroatoms. The highest BCUT2D eigenvalue weighted by Gasteiger charge is 2.08. The number of amides is 3. The first-order chi connectivity index (χ1) is 17.0. The van der Waals surface area contributed by atoms with Gasteiger partial charge in [0.05, 0.1) is 12.2 Å². The Balaban J connectivity index is 1.31. The van der Waals surface area contributed by atoms with Crippen molar-refractivity contribution in [3.8, 4) is 11.3 Å². The molecule has 0 aliphatic carbocycles. The fraction of sp³-hybridized carbons (Fsp3) is 0.296. The van der Waals surface area contributed by atoms with Crippen LogP contribution >= 0.6 is 0 Å². The molecule has 184 valence electrons. The number of aromatic amines is 1. The summed E-state index contributed by atoms with van der Waals surface area (Å²) in [6.45, 7) is 4.61. The average molecular weight is 477 g/mol. The van der Waals surface area contributed by atoms with Crippen LogP contribution in [0.15, 0.2) is 60.8 Å². The van der Waals surface area contributed by atoms with Gasteiger partial charge in [-0.25, -0.2) is 9.59 Å². The second-order valence-electron chi connectivity index (χ2n) is 8.15. The summed E-state index contributed by atoms with van der Waals surface area (Å²) in [6.07, 6.45) is 4.63. The third-order valence-corrected chi connectivity index (χ3v) is 5.43. The van der Waals surface area contributed by atoms with Gasteiger partial charge in [0.25, 0.3) is 0 Å². The second-order valence-corrected chi connectivity index (χ2v) is 8.15. The summed E-state index contributed by atoms with van der Waals surface area (Å²) < 4.78 is 4.94. The zero-order valence-electron chi connectivity index (χ0n) is 20.1. The maximum Gasteiger partial charge on any atom is 0.338 e. The van der Waals surface area contributed by atoms with Crippen LogP contribution in [0.4, 0.5) is 16.2 Å². The quantitative estimate of drug-likeness (QED) is 0.217. The normalized spacial score (nSPS) is 10.5. The monoisotopic (exact) mass is 476 g/mol. The van der Waals surface area contributed by atoms with Crippen LogP contribution in [0.5, 0.6) is 0 Å². The van der Waals surface area contributed by atoms with Gasteiger partial charge in [-0.3, -0.25) is 4.79 Å². The summed E-state index contributed by atoms with van der Waals surface area (Å²) in [4.78, 5) is 39.2. The van der Waals surface area contributed by atoms with E-state index in [4.69, 9.17) is 4.74 Å². The van der Waals surface area contributed by atoms with E-state index in [1.54, 1.807) is 31.2 Å². The van der Waals surface area contributed by atoms with Gasteiger partial charge >= 0.3 is 12.0 Å². The van der Waals surface area contributed by atoms with Gasteiger partial charge < -0.3 is 25.7 Å². The lowest BCUT2D eigenvalue weighted by Gasteiger charge is -2.10. The predicted octanol–water partition coefficient (Wildman–Crippen LogP) is 5.49. The third kappa shape index (κ3) is 8.03. The number of aromatic nitrogens is 1. The van der Waals surface area contributed by atoms with E-state index >= 15 is 0 Å². The van der Waals surface area contributed by atoms with Gasteiger partial charge in [0.15, 0.2) is 0 Å². The van der Waals surface area contributed by atoms with Crippen molar-refractivity contribution >= 4 is 29.3 Å². The number of carbonyl (C=O) groups excluding carboxylic acids is 3. The van der Waals surface area contributed by atoms with E-state index in [9.17, 15) is 14.4 Å². The Hall–Kier alpha value is -4.07. The number of esters is 1. The van der Waals surface area contributed by atoms with Gasteiger partial charge in [-0.2, -0.15) is 0 Å². The molecule has 3 amide bonds. The van der Waals surface area contributed by atoms with E-state index in [0.29, 0.717) is 30.8 Å². The van der Waals surface area contributed by atoms with Crippen molar-refractivity contribution in [2.45, 2.75) is 39.5 Å². The minimum atomic E-state index is -0.391. The lowest BCUT2D eigenvalue weighted by atomic mass is 10.0. The van der Waals surface area contributed by atoms with Crippen LogP contribution in [0.3, 0.4) is 0 Å². The molecule has 0 saturated carbocycles. The van der Waals surface area contributed by atoms with Gasteiger partial charge in [-0.15, -0.1) is 0 Å². The lowest BCUT2D eigenvalue weighted by Crippen LogP contribution is -2.29. The lowest BCUT2D eigenvalue weighted by molar-refractivity contribution is -0.116. The summed E-state index contributed by atoms with van der Waals surface area (Å²) in [7, 11) is 0. The summed E-state index contributed by atoms with van der Waals surface area (Å²) in [5.41, 5.74) is 5.01. The number of carbonyl (C=O) groups is 3. The number of benzene rings is 2. The molecule has 35 heavy (non-hydrogen) atoms. The molecular formula is C27H32N4O4. The minimum absolute atomic E-state index is 0.0248. The summed E-state index contributed by atoms with van der Waals surface area (Å²) in [5, 5.41) is 8.49. The van der Waals surface area contributed by atoms with E-state index in [1.165, 1.54) is 0 Å². The molecule has 0 bridgehead atoms. The van der Waals surface area contributed by atoms with Crippen LogP contribution in [-0.4, -0.2) is 36.0 Å². The molecule has 3 rings (SSSR count). The Morgan fingerprint density at radius 3 is 2.40 bits per heavy atom. The highest BCUT2D eigenvalue weighted by atomic mass is 16.5. The minimum Gasteiger partial charge on any atom is -0.462 e. The first-order valence-electron chi connectivity index (χ1n) is 11.8. The van der Waals surface area contributed by atoms with Crippen LogP contribution in [0.25, 0.3) is 11.3 Å². The summed E-state index contributed by atoms with van der Waals surface area (Å²) in [6, 6.07) is 16.0. The molecule has 1 aromatic heterocycles. The summed E-state index contributed by atoms with van der Waals surface area (Å²) in [5.74, 6) is -0.416. The van der Waals surface area contributed by atoms with E-state index in [-0.39, 0.29) is 11.9 Å². The molecule has 0 fully saturated rings. The molecule has 0 unspecified atom stereocenters. The van der Waals surface area contributed by atoms with Crippen molar-refractivity contribution in [2.75, 3.05) is 23.8 Å². The molecule has 0 radical (unpaired) electrons. The van der Waals surface area contributed by atoms with Gasteiger partial charge in [0, 0.05) is 41.8 Å². The topological polar surface area (TPSA) is 112 Å². The van der Waals surface area contributed by atoms with E-state index in [2.05, 4.69) is 20.9 Å². The Morgan fingerprint density at radius 1 is 0.914 bits per heavy atom. The van der Waals surface area contributed by atoms with Gasteiger partial charge in [0.1, 0.15) is 0 Å². The van der Waals surface area contributed by atoms with E-state index in [1.807, 2.05) is 43.5 Å². The van der Waals surface area contributed by atoms with Crippen LogP contribution < -0.4 is 16.0 Å². The molecule has 2 aromatic carbocycles. The molecule has 0 saturated heterocycles. The standard InChI is InChI=1S/C27H32N4O4/c1-3-35-26(33)20-11-14-21(15-12-20)31-27(34)29-16-6-4-5-9-25(32)30-22-13-10-19(2)23(18-22)24-8-7-17-28-24/h7-8,10-15,17-18,28H,3-6,9,16H2,1-2H3,(H,30,32)(H2,29,31,34). The smallest absolute Gasteiger partial charge is 0.338 e. The van der Waals surface area contributed by atoms with Crippen LogP contribution in [0.2, 0.25) is 0 Å². The molecule has 0 atom stereocenters. The van der Waals surface area contributed by atoms with Crippen LogP contribution in [0.1, 0.15) is 48.5 Å². The number of nitrogens with one attached hydrogen (secondary N) is 4. The molecule has 0 aliphatic rings. The maximum absolute atomic E-state index is 12.3. The van der Waals surface area contributed by atoms with Crippen molar-refractivity contribution in [3.05, 3.63) is 71.9 Å². The van der Waals surface area contributed by atoms with Crippen molar-refractivity contribution < 1.29 is 19.1 Å². The zero-order chi connectivity index (χ0) is 25.0. The van der Waals surface area contributed by atoms with Gasteiger partial charge in [-0.05, 0) is 80.8 Å². The van der Waals surface area contributed by atoms with Gasteiger partial charge in [-0.1, -0.05) is 12.5 Å². The molecule has 8 nitrogen and oxygen atoms in total. The fourth-order valence-electron chi connectivity index (χ4n) is 3.58. The van der Waals surface area contributed by atoms with Crippen molar-refractivity contribution in [3.63, 3.8) is 0 Å². The van der Waals surface area contributed by atoms with Crippen molar-refractivity contribution in [2.24, 2.45) is 0 Å². The maximum atomic E-state index is 12.3. The Morgan fingerprint density at radius 2 is 1.69 bits per heavy atom. The number of hydrogen-bond donors (Lipinski definition) is 4. The molecule has 0 aliphatic heterocycles. The fourth-order valence-corrected chi connectivity index (χ4v) is 3.58. The van der Waals surface area contributed by atoms with Crippen LogP contribution in [-0.2, 0) is 9.53 Å². The van der Waals surface area contributed by atoms with Gasteiger partial charge in [0.2, 0.25) is 5.91 Å². The SMILES string of the molecule is CCOC(=O)c1ccc(NC(=O)NCCCCCC(=O)Nc2ccc(C)c(-c3ccc[nH]3)c2)cc1. The molecular weight excluding hydrogens is 444 g/mol. The third-order valence-electron chi connectivity index (χ3n) is 5.43. The number of urea groups is 1. The van der Waals surface area contributed by atoms with Crippen LogP contribution in [0, 0.1) is 6.92 Å². The second kappa shape index (κ2) is 13.0. The highest BCUT2D eigenvalue weighted by molar-refractivity contribution is 5.92. The summed E-state index contributed by atoms with van der Waals surface area (Å²) >= 11 is 0. The molecule has 0 spiro atoms. The average Bonchev–Trinajstić information content (AvgIpc) is 3.38. The number of unbranched alkanes of at least 4 members (excludes halogenated alkanes) is 2. The number of hydrogen-bond acceptors (Lipinski definition) is 4. The predicted molar refractivity (Wildman–Crippen MR) is 137 cm³/mol.